The number of carbonyl (C=O) groups is 1. The molecule has 2 heterocycles. The Balaban J connectivity index is 1.37. The highest BCUT2D eigenvalue weighted by atomic mass is 16.6. The van der Waals surface area contributed by atoms with Crippen molar-refractivity contribution in [3.8, 4) is 5.82 Å². The molecular weight excluding hydrogens is 368 g/mol. The molecule has 1 aromatic carbocycles. The predicted octanol–water partition coefficient (Wildman–Crippen LogP) is 3.80. The standard InChI is InChI=1S/C21H24N6O2/c1-14(2)29-21(28)25-17-9-7-16(8-10-17)24-20-22-12-11-19(26-20)27-18-6-4-3-5-15(18)13-23-27/h3-6,11-13,16-17H,1,7-10H2,2H3,(H,25,28)(H,22,24,26)/t16-,17-. The Morgan fingerprint density at radius 1 is 1.17 bits per heavy atom. The Bertz CT molecular complexity index is 1020. The van der Waals surface area contributed by atoms with Crippen LogP contribution in [0.1, 0.15) is 32.6 Å². The summed E-state index contributed by atoms with van der Waals surface area (Å²) in [6.45, 7) is 5.23. The summed E-state index contributed by atoms with van der Waals surface area (Å²) in [4.78, 5) is 20.7. The van der Waals surface area contributed by atoms with Gasteiger partial charge < -0.3 is 15.4 Å². The minimum absolute atomic E-state index is 0.114. The van der Waals surface area contributed by atoms with E-state index in [1.165, 1.54) is 0 Å². The molecule has 29 heavy (non-hydrogen) atoms. The number of allylic oxidation sites excluding steroid dienone is 1. The number of aromatic nitrogens is 4. The van der Waals surface area contributed by atoms with Gasteiger partial charge in [-0.1, -0.05) is 24.8 Å². The van der Waals surface area contributed by atoms with Crippen LogP contribution in [0.2, 0.25) is 0 Å². The van der Waals surface area contributed by atoms with Gasteiger partial charge in [0.1, 0.15) is 0 Å². The molecule has 0 saturated heterocycles. The maximum absolute atomic E-state index is 11.7. The Hall–Kier alpha value is -3.42. The number of alkyl carbamates (subject to hydrolysis) is 1. The summed E-state index contributed by atoms with van der Waals surface area (Å²) in [6, 6.07) is 10.2. The van der Waals surface area contributed by atoms with Crippen molar-refractivity contribution < 1.29 is 9.53 Å². The van der Waals surface area contributed by atoms with Crippen LogP contribution in [0.4, 0.5) is 10.7 Å². The highest BCUT2D eigenvalue weighted by Gasteiger charge is 2.23. The quantitative estimate of drug-likeness (QED) is 0.642. The first kappa shape index (κ1) is 18.9. The first-order valence-corrected chi connectivity index (χ1v) is 9.75. The van der Waals surface area contributed by atoms with E-state index in [2.05, 4.69) is 32.3 Å². The zero-order valence-corrected chi connectivity index (χ0v) is 16.3. The van der Waals surface area contributed by atoms with Gasteiger partial charge in [-0.15, -0.1) is 0 Å². The fourth-order valence-electron chi connectivity index (χ4n) is 3.61. The SMILES string of the molecule is C=C(C)OC(=O)N[C@H]1CC[C@H](Nc2nccc(-n3ncc4ccccc43)n2)CC1. The van der Waals surface area contributed by atoms with E-state index >= 15 is 0 Å². The van der Waals surface area contributed by atoms with Crippen molar-refractivity contribution in [1.82, 2.24) is 25.1 Å². The van der Waals surface area contributed by atoms with Crippen molar-refractivity contribution in [3.05, 3.63) is 55.1 Å². The van der Waals surface area contributed by atoms with E-state index in [9.17, 15) is 4.79 Å². The van der Waals surface area contributed by atoms with Crippen LogP contribution in [-0.2, 0) is 4.74 Å². The summed E-state index contributed by atoms with van der Waals surface area (Å²) in [5.74, 6) is 1.70. The molecule has 150 valence electrons. The van der Waals surface area contributed by atoms with E-state index < -0.39 is 6.09 Å². The lowest BCUT2D eigenvalue weighted by atomic mass is 9.91. The molecule has 2 N–H and O–H groups in total. The fraction of sp³-hybridized carbons (Fsp3) is 0.333. The van der Waals surface area contributed by atoms with Crippen LogP contribution in [0.3, 0.4) is 0 Å². The molecule has 1 aliphatic carbocycles. The summed E-state index contributed by atoms with van der Waals surface area (Å²) in [5, 5.41) is 11.8. The first-order valence-electron chi connectivity index (χ1n) is 9.75. The number of fused-ring (bicyclic) bond motifs is 1. The van der Waals surface area contributed by atoms with Crippen LogP contribution in [0.25, 0.3) is 16.7 Å². The lowest BCUT2D eigenvalue weighted by Crippen LogP contribution is -2.40. The van der Waals surface area contributed by atoms with Crippen molar-refractivity contribution in [2.45, 2.75) is 44.7 Å². The minimum atomic E-state index is -0.434. The van der Waals surface area contributed by atoms with Gasteiger partial charge >= 0.3 is 6.09 Å². The van der Waals surface area contributed by atoms with Gasteiger partial charge in [-0.3, -0.25) is 0 Å². The van der Waals surface area contributed by atoms with Gasteiger partial charge in [-0.05, 0) is 38.7 Å². The smallest absolute Gasteiger partial charge is 0.412 e. The van der Waals surface area contributed by atoms with Gasteiger partial charge in [0.15, 0.2) is 5.82 Å². The van der Waals surface area contributed by atoms with Crippen LogP contribution >= 0.6 is 0 Å². The lowest BCUT2D eigenvalue weighted by Gasteiger charge is -2.29. The summed E-state index contributed by atoms with van der Waals surface area (Å²) in [5.41, 5.74) is 1.00. The molecule has 0 atom stereocenters. The molecule has 4 rings (SSSR count). The molecule has 3 aromatic rings. The number of carbonyl (C=O) groups excluding carboxylic acids is 1. The average Bonchev–Trinajstić information content (AvgIpc) is 3.13. The largest absolute Gasteiger partial charge is 0.416 e. The number of nitrogens with one attached hydrogen (secondary N) is 2. The maximum Gasteiger partial charge on any atom is 0.412 e. The van der Waals surface area contributed by atoms with Crippen molar-refractivity contribution in [3.63, 3.8) is 0 Å². The van der Waals surface area contributed by atoms with Crippen LogP contribution in [0.5, 0.6) is 0 Å². The summed E-state index contributed by atoms with van der Waals surface area (Å²) >= 11 is 0. The Morgan fingerprint density at radius 2 is 1.93 bits per heavy atom. The number of anilines is 1. The Morgan fingerprint density at radius 3 is 2.72 bits per heavy atom. The number of hydrogen-bond acceptors (Lipinski definition) is 6. The monoisotopic (exact) mass is 392 g/mol. The van der Waals surface area contributed by atoms with Crippen LogP contribution in [0.15, 0.2) is 55.1 Å². The van der Waals surface area contributed by atoms with Crippen LogP contribution < -0.4 is 10.6 Å². The van der Waals surface area contributed by atoms with Crippen molar-refractivity contribution in [2.75, 3.05) is 5.32 Å². The number of benzene rings is 1. The molecule has 0 unspecified atom stereocenters. The van der Waals surface area contributed by atoms with Crippen LogP contribution in [0, 0.1) is 0 Å². The number of ether oxygens (including phenoxy) is 1. The third-order valence-corrected chi connectivity index (χ3v) is 4.98. The lowest BCUT2D eigenvalue weighted by molar-refractivity contribution is 0.168. The highest BCUT2D eigenvalue weighted by Crippen LogP contribution is 2.22. The normalized spacial score (nSPS) is 18.9. The van der Waals surface area contributed by atoms with E-state index in [1.807, 2.05) is 41.2 Å². The van der Waals surface area contributed by atoms with Gasteiger partial charge in [0, 0.05) is 29.7 Å². The molecule has 1 aliphatic rings. The summed E-state index contributed by atoms with van der Waals surface area (Å²) in [6.07, 6.45) is 6.70. The molecule has 0 radical (unpaired) electrons. The molecule has 1 saturated carbocycles. The minimum Gasteiger partial charge on any atom is -0.416 e. The second-order valence-electron chi connectivity index (χ2n) is 7.28. The number of amides is 1. The molecule has 2 aromatic heterocycles. The van der Waals surface area contributed by atoms with E-state index in [-0.39, 0.29) is 12.1 Å². The van der Waals surface area contributed by atoms with Gasteiger partial charge in [0.2, 0.25) is 5.95 Å². The van der Waals surface area contributed by atoms with Crippen molar-refractivity contribution >= 4 is 22.9 Å². The average molecular weight is 392 g/mol. The third kappa shape index (κ3) is 4.53. The van der Waals surface area contributed by atoms with Gasteiger partial charge in [0.05, 0.1) is 17.5 Å². The van der Waals surface area contributed by atoms with E-state index in [4.69, 9.17) is 4.74 Å². The maximum atomic E-state index is 11.7. The zero-order chi connectivity index (χ0) is 20.2. The Labute approximate surface area is 169 Å². The summed E-state index contributed by atoms with van der Waals surface area (Å²) in [7, 11) is 0. The molecule has 8 nitrogen and oxygen atoms in total. The second-order valence-corrected chi connectivity index (χ2v) is 7.28. The first-order chi connectivity index (χ1) is 14.1. The number of nitrogens with zero attached hydrogens (tertiary/aromatic N) is 4. The molecule has 1 fully saturated rings. The van der Waals surface area contributed by atoms with E-state index in [0.29, 0.717) is 11.7 Å². The summed E-state index contributed by atoms with van der Waals surface area (Å²) < 4.78 is 6.78. The number of para-hydroxylation sites is 1. The second kappa shape index (κ2) is 8.30. The van der Waals surface area contributed by atoms with Crippen molar-refractivity contribution in [1.29, 1.82) is 0 Å². The van der Waals surface area contributed by atoms with Gasteiger partial charge in [-0.2, -0.15) is 10.1 Å². The van der Waals surface area contributed by atoms with Gasteiger partial charge in [0.25, 0.3) is 0 Å². The molecule has 0 aliphatic heterocycles. The molecule has 1 amide bonds. The third-order valence-electron chi connectivity index (χ3n) is 4.98. The van der Waals surface area contributed by atoms with E-state index in [0.717, 1.165) is 42.4 Å². The van der Waals surface area contributed by atoms with Crippen molar-refractivity contribution in [2.24, 2.45) is 0 Å². The fourth-order valence-corrected chi connectivity index (χ4v) is 3.61. The number of hydrogen-bond donors (Lipinski definition) is 2. The number of rotatable bonds is 5. The molecule has 0 spiro atoms. The topological polar surface area (TPSA) is 94.0 Å². The van der Waals surface area contributed by atoms with Crippen LogP contribution in [-0.4, -0.2) is 37.9 Å². The zero-order valence-electron chi connectivity index (χ0n) is 16.3. The van der Waals surface area contributed by atoms with Gasteiger partial charge in [-0.25, -0.2) is 14.5 Å². The highest BCUT2D eigenvalue weighted by molar-refractivity contribution is 5.79. The molecular formula is C21H24N6O2. The predicted molar refractivity (Wildman–Crippen MR) is 111 cm³/mol. The molecule has 0 bridgehead atoms. The van der Waals surface area contributed by atoms with E-state index in [1.54, 1.807) is 13.1 Å². The molecule has 8 heteroatoms. The Kier molecular flexibility index (Phi) is 5.41.